The van der Waals surface area contributed by atoms with Crippen LogP contribution >= 0.6 is 0 Å². The number of halogens is 2. The van der Waals surface area contributed by atoms with Crippen LogP contribution < -0.4 is 14.8 Å². The zero-order chi connectivity index (χ0) is 22.9. The monoisotopic (exact) mass is 437 g/mol. The molecule has 0 radical (unpaired) electrons. The van der Waals surface area contributed by atoms with Gasteiger partial charge in [0.1, 0.15) is 11.5 Å². The molecule has 0 spiro atoms. The van der Waals surface area contributed by atoms with Gasteiger partial charge in [-0.05, 0) is 47.5 Å². The number of terminal acetylenes is 1. The van der Waals surface area contributed by atoms with E-state index in [0.717, 1.165) is 5.56 Å². The van der Waals surface area contributed by atoms with Gasteiger partial charge in [-0.3, -0.25) is 4.98 Å². The maximum atomic E-state index is 12.9. The number of hydrogen-bond acceptors (Lipinski definition) is 4. The third kappa shape index (κ3) is 5.95. The van der Waals surface area contributed by atoms with Gasteiger partial charge in [0.2, 0.25) is 0 Å². The number of nitrogens with zero attached hydrogens (tertiary/aromatic N) is 2. The molecule has 2 amide bonds. The lowest BCUT2D eigenvalue weighted by Gasteiger charge is -2.21. The summed E-state index contributed by atoms with van der Waals surface area (Å²) in [5.41, 5.74) is 2.23. The zero-order valence-corrected chi connectivity index (χ0v) is 17.3. The van der Waals surface area contributed by atoms with Crippen LogP contribution in [0.25, 0.3) is 11.1 Å². The smallest absolute Gasteiger partial charge is 0.387 e. The Labute approximate surface area is 184 Å². The average Bonchev–Trinajstić information content (AvgIpc) is 2.80. The van der Waals surface area contributed by atoms with E-state index in [1.165, 1.54) is 24.1 Å². The third-order valence-electron chi connectivity index (χ3n) is 4.51. The molecular formula is C24H21F2N3O3. The quantitative estimate of drug-likeness (QED) is 0.503. The van der Waals surface area contributed by atoms with Gasteiger partial charge in [-0.25, -0.2) is 4.79 Å². The van der Waals surface area contributed by atoms with Crippen molar-refractivity contribution in [1.29, 1.82) is 0 Å². The van der Waals surface area contributed by atoms with Gasteiger partial charge in [0, 0.05) is 30.2 Å². The van der Waals surface area contributed by atoms with Crippen molar-refractivity contribution in [2.45, 2.75) is 13.2 Å². The van der Waals surface area contributed by atoms with Gasteiger partial charge < -0.3 is 19.7 Å². The fourth-order valence-corrected chi connectivity index (χ4v) is 3.03. The first kappa shape index (κ1) is 22.6. The molecule has 0 aliphatic rings. The van der Waals surface area contributed by atoms with Crippen LogP contribution in [-0.4, -0.2) is 36.2 Å². The van der Waals surface area contributed by atoms with Crippen molar-refractivity contribution >= 4 is 11.7 Å². The molecule has 1 N–H and O–H groups in total. The van der Waals surface area contributed by atoms with E-state index < -0.39 is 12.6 Å². The van der Waals surface area contributed by atoms with Crippen molar-refractivity contribution in [3.05, 3.63) is 72.6 Å². The number of benzene rings is 2. The summed E-state index contributed by atoms with van der Waals surface area (Å²) in [6.45, 7) is -2.64. The SMILES string of the molecule is C#CCN(Cc1cccnc1)C(=O)Nc1ccc(OC(F)F)c(-c2ccc(OC)cc2)c1. The molecule has 3 aromatic rings. The first-order valence-corrected chi connectivity index (χ1v) is 9.61. The minimum absolute atomic E-state index is 0.0148. The predicted molar refractivity (Wildman–Crippen MR) is 118 cm³/mol. The van der Waals surface area contributed by atoms with E-state index in [1.54, 1.807) is 48.8 Å². The Balaban J connectivity index is 1.86. The first-order chi connectivity index (χ1) is 15.5. The summed E-state index contributed by atoms with van der Waals surface area (Å²) in [6.07, 6.45) is 8.70. The standard InChI is InChI=1S/C24H21F2N3O3/c1-3-13-29(16-17-5-4-12-27-15-17)24(30)28-19-8-11-22(32-23(25)26)21(14-19)18-6-9-20(31-2)10-7-18/h1,4-12,14-15,23H,13,16H2,2H3,(H,28,30). The van der Waals surface area contributed by atoms with Crippen molar-refractivity contribution < 1.29 is 23.0 Å². The highest BCUT2D eigenvalue weighted by molar-refractivity contribution is 5.91. The number of rotatable bonds is 8. The Kier molecular flexibility index (Phi) is 7.60. The number of urea groups is 1. The van der Waals surface area contributed by atoms with Crippen molar-refractivity contribution in [3.8, 4) is 35.0 Å². The molecule has 32 heavy (non-hydrogen) atoms. The highest BCUT2D eigenvalue weighted by Crippen LogP contribution is 2.34. The number of nitrogens with one attached hydrogen (secondary N) is 1. The molecule has 0 aliphatic carbocycles. The Morgan fingerprint density at radius 2 is 2.00 bits per heavy atom. The summed E-state index contributed by atoms with van der Waals surface area (Å²) in [4.78, 5) is 18.3. The highest BCUT2D eigenvalue weighted by Gasteiger charge is 2.16. The molecule has 2 aromatic carbocycles. The molecule has 0 bridgehead atoms. The number of amides is 2. The average molecular weight is 437 g/mol. The van der Waals surface area contributed by atoms with E-state index in [9.17, 15) is 13.6 Å². The Morgan fingerprint density at radius 1 is 1.22 bits per heavy atom. The molecule has 1 heterocycles. The van der Waals surface area contributed by atoms with Crippen LogP contribution in [0.4, 0.5) is 19.3 Å². The van der Waals surface area contributed by atoms with Gasteiger partial charge >= 0.3 is 12.6 Å². The van der Waals surface area contributed by atoms with E-state index >= 15 is 0 Å². The fraction of sp³-hybridized carbons (Fsp3) is 0.167. The van der Waals surface area contributed by atoms with Crippen LogP contribution in [0.1, 0.15) is 5.56 Å². The number of hydrogen-bond donors (Lipinski definition) is 1. The minimum Gasteiger partial charge on any atom is -0.497 e. The second kappa shape index (κ2) is 10.8. The third-order valence-corrected chi connectivity index (χ3v) is 4.51. The van der Waals surface area contributed by atoms with E-state index in [1.807, 2.05) is 6.07 Å². The van der Waals surface area contributed by atoms with Crippen LogP contribution in [0.15, 0.2) is 67.0 Å². The molecule has 0 fully saturated rings. The molecule has 164 valence electrons. The molecule has 8 heteroatoms. The summed E-state index contributed by atoms with van der Waals surface area (Å²) in [6, 6.07) is 14.4. The summed E-state index contributed by atoms with van der Waals surface area (Å²) >= 11 is 0. The Hall–Kier alpha value is -4.12. The second-order valence-corrected chi connectivity index (χ2v) is 6.67. The maximum Gasteiger partial charge on any atom is 0.387 e. The number of anilines is 1. The van der Waals surface area contributed by atoms with Crippen LogP contribution in [0.3, 0.4) is 0 Å². The Bertz CT molecular complexity index is 1080. The molecule has 0 saturated carbocycles. The zero-order valence-electron chi connectivity index (χ0n) is 17.3. The van der Waals surface area contributed by atoms with Gasteiger partial charge in [0.15, 0.2) is 0 Å². The number of alkyl halides is 2. The van der Waals surface area contributed by atoms with Gasteiger partial charge in [0.05, 0.1) is 13.7 Å². The van der Waals surface area contributed by atoms with Crippen LogP contribution in [0.5, 0.6) is 11.5 Å². The number of carbonyl (C=O) groups is 1. The lowest BCUT2D eigenvalue weighted by molar-refractivity contribution is -0.0494. The minimum atomic E-state index is -2.99. The summed E-state index contributed by atoms with van der Waals surface area (Å²) in [7, 11) is 1.53. The topological polar surface area (TPSA) is 63.7 Å². The summed E-state index contributed by atoms with van der Waals surface area (Å²) < 4.78 is 35.6. The van der Waals surface area contributed by atoms with Gasteiger partial charge in [-0.15, -0.1) is 6.42 Å². The fourth-order valence-electron chi connectivity index (χ4n) is 3.03. The summed E-state index contributed by atoms with van der Waals surface area (Å²) in [5.74, 6) is 3.07. The lowest BCUT2D eigenvalue weighted by atomic mass is 10.0. The van der Waals surface area contributed by atoms with Crippen molar-refractivity contribution in [2.24, 2.45) is 0 Å². The Morgan fingerprint density at radius 3 is 2.62 bits per heavy atom. The van der Waals surface area contributed by atoms with Crippen molar-refractivity contribution in [1.82, 2.24) is 9.88 Å². The largest absolute Gasteiger partial charge is 0.497 e. The molecule has 0 aliphatic heterocycles. The van der Waals surface area contributed by atoms with Crippen LogP contribution in [0.2, 0.25) is 0 Å². The number of methoxy groups -OCH3 is 1. The van der Waals surface area contributed by atoms with E-state index in [-0.39, 0.29) is 18.8 Å². The van der Waals surface area contributed by atoms with Crippen molar-refractivity contribution in [2.75, 3.05) is 19.0 Å². The number of pyridine rings is 1. The molecule has 6 nitrogen and oxygen atoms in total. The van der Waals surface area contributed by atoms with E-state index in [2.05, 4.69) is 21.0 Å². The molecule has 1 aromatic heterocycles. The van der Waals surface area contributed by atoms with E-state index in [0.29, 0.717) is 22.6 Å². The number of ether oxygens (including phenoxy) is 2. The normalized spacial score (nSPS) is 10.3. The van der Waals surface area contributed by atoms with Crippen LogP contribution in [-0.2, 0) is 6.54 Å². The van der Waals surface area contributed by atoms with Crippen molar-refractivity contribution in [3.63, 3.8) is 0 Å². The highest BCUT2D eigenvalue weighted by atomic mass is 19.3. The molecular weight excluding hydrogens is 416 g/mol. The lowest BCUT2D eigenvalue weighted by Crippen LogP contribution is -2.34. The van der Waals surface area contributed by atoms with Gasteiger partial charge in [-0.1, -0.05) is 24.1 Å². The molecule has 0 unspecified atom stereocenters. The van der Waals surface area contributed by atoms with Crippen LogP contribution in [0, 0.1) is 12.3 Å². The molecule has 3 rings (SSSR count). The number of carbonyl (C=O) groups excluding carboxylic acids is 1. The first-order valence-electron chi connectivity index (χ1n) is 9.61. The number of aromatic nitrogens is 1. The van der Waals surface area contributed by atoms with E-state index in [4.69, 9.17) is 11.2 Å². The second-order valence-electron chi connectivity index (χ2n) is 6.67. The van der Waals surface area contributed by atoms with Gasteiger partial charge in [-0.2, -0.15) is 8.78 Å². The maximum absolute atomic E-state index is 12.9. The molecule has 0 atom stereocenters. The predicted octanol–water partition coefficient (Wildman–Crippen LogP) is 5.03. The summed E-state index contributed by atoms with van der Waals surface area (Å²) in [5, 5.41) is 2.76. The molecule has 0 saturated heterocycles. The van der Waals surface area contributed by atoms with Gasteiger partial charge in [0.25, 0.3) is 0 Å².